The normalized spacial score (nSPS) is 11.1. The number of rotatable bonds is 5. The highest BCUT2D eigenvalue weighted by molar-refractivity contribution is 5.97. The van der Waals surface area contributed by atoms with Crippen LogP contribution in [0.1, 0.15) is 37.8 Å². The van der Waals surface area contributed by atoms with Gasteiger partial charge in [0.15, 0.2) is 0 Å². The van der Waals surface area contributed by atoms with E-state index in [1.54, 1.807) is 25.1 Å². The van der Waals surface area contributed by atoms with E-state index in [0.29, 0.717) is 11.1 Å². The number of ether oxygens (including phenoxy) is 1. The summed E-state index contributed by atoms with van der Waals surface area (Å²) in [6.45, 7) is 5.51. The molecule has 1 rings (SSSR count). The van der Waals surface area contributed by atoms with Gasteiger partial charge in [0.1, 0.15) is 11.6 Å². The van der Waals surface area contributed by atoms with Gasteiger partial charge in [-0.1, -0.05) is 26.0 Å². The second-order valence-corrected chi connectivity index (χ2v) is 4.62. The zero-order valence-electron chi connectivity index (χ0n) is 12.1. The van der Waals surface area contributed by atoms with E-state index in [-0.39, 0.29) is 23.8 Å². The van der Waals surface area contributed by atoms with Crippen molar-refractivity contribution in [2.75, 3.05) is 6.61 Å². The Morgan fingerprint density at radius 3 is 2.67 bits per heavy atom. The van der Waals surface area contributed by atoms with Crippen molar-refractivity contribution in [3.05, 3.63) is 45.0 Å². The van der Waals surface area contributed by atoms with Crippen LogP contribution in [0, 0.1) is 21.4 Å². The van der Waals surface area contributed by atoms with Crippen molar-refractivity contribution in [1.29, 1.82) is 5.26 Å². The minimum absolute atomic E-state index is 0.00363. The van der Waals surface area contributed by atoms with Gasteiger partial charge in [0.25, 0.3) is 5.69 Å². The highest BCUT2D eigenvalue weighted by atomic mass is 16.6. The third-order valence-corrected chi connectivity index (χ3v) is 2.80. The van der Waals surface area contributed by atoms with E-state index in [9.17, 15) is 14.9 Å². The van der Waals surface area contributed by atoms with Crippen molar-refractivity contribution in [2.45, 2.75) is 26.7 Å². The number of carbonyl (C=O) groups excluding carboxylic acids is 1. The van der Waals surface area contributed by atoms with Crippen molar-refractivity contribution < 1.29 is 14.5 Å². The maximum Gasteiger partial charge on any atom is 0.348 e. The van der Waals surface area contributed by atoms with Gasteiger partial charge >= 0.3 is 5.97 Å². The fourth-order valence-corrected chi connectivity index (χ4v) is 1.81. The van der Waals surface area contributed by atoms with Crippen LogP contribution in [0.3, 0.4) is 0 Å². The third kappa shape index (κ3) is 4.14. The smallest absolute Gasteiger partial charge is 0.348 e. The molecule has 0 bridgehead atoms. The van der Waals surface area contributed by atoms with E-state index in [2.05, 4.69) is 0 Å². The number of nitro groups is 1. The Labute approximate surface area is 122 Å². The van der Waals surface area contributed by atoms with Crippen molar-refractivity contribution in [1.82, 2.24) is 0 Å². The molecule has 0 amide bonds. The molecule has 21 heavy (non-hydrogen) atoms. The Balaban J connectivity index is 3.26. The van der Waals surface area contributed by atoms with Gasteiger partial charge in [0, 0.05) is 11.6 Å². The SMILES string of the molecule is CCOC(=O)C(C#N)=Cc1ccc(C(C)C)c([N+](=O)[O-])c1. The summed E-state index contributed by atoms with van der Waals surface area (Å²) < 4.78 is 4.74. The first kappa shape index (κ1) is 16.4. The zero-order chi connectivity index (χ0) is 16.0. The van der Waals surface area contributed by atoms with E-state index in [1.165, 1.54) is 12.1 Å². The van der Waals surface area contributed by atoms with Crippen LogP contribution in [-0.2, 0) is 9.53 Å². The molecular formula is C15H16N2O4. The number of nitro benzene ring substituents is 1. The molecule has 0 fully saturated rings. The molecule has 0 N–H and O–H groups in total. The minimum atomic E-state index is -0.740. The molecule has 0 saturated heterocycles. The number of nitrogens with zero attached hydrogens (tertiary/aromatic N) is 2. The molecule has 0 aliphatic rings. The standard InChI is InChI=1S/C15H16N2O4/c1-4-21-15(18)12(9-16)7-11-5-6-13(10(2)3)14(8-11)17(19)20/h5-8,10H,4H2,1-3H3. The van der Waals surface area contributed by atoms with Gasteiger partial charge in [0.05, 0.1) is 11.5 Å². The molecule has 0 unspecified atom stereocenters. The van der Waals surface area contributed by atoms with E-state index >= 15 is 0 Å². The maximum absolute atomic E-state index is 11.5. The van der Waals surface area contributed by atoms with Gasteiger partial charge in [-0.25, -0.2) is 4.79 Å². The quantitative estimate of drug-likeness (QED) is 0.273. The molecule has 1 aromatic rings. The van der Waals surface area contributed by atoms with Crippen molar-refractivity contribution in [3.8, 4) is 6.07 Å². The summed E-state index contributed by atoms with van der Waals surface area (Å²) in [5, 5.41) is 20.1. The number of nitriles is 1. The summed E-state index contributed by atoms with van der Waals surface area (Å²) in [6.07, 6.45) is 1.29. The van der Waals surface area contributed by atoms with Gasteiger partial charge in [0.2, 0.25) is 0 Å². The summed E-state index contributed by atoms with van der Waals surface area (Å²) in [4.78, 5) is 22.2. The lowest BCUT2D eigenvalue weighted by Gasteiger charge is -2.07. The molecule has 0 aromatic heterocycles. The number of esters is 1. The molecule has 1 aromatic carbocycles. The maximum atomic E-state index is 11.5. The van der Waals surface area contributed by atoms with Gasteiger partial charge < -0.3 is 4.74 Å². The lowest BCUT2D eigenvalue weighted by atomic mass is 9.98. The Morgan fingerprint density at radius 2 is 2.19 bits per heavy atom. The van der Waals surface area contributed by atoms with Crippen molar-refractivity contribution >= 4 is 17.7 Å². The first-order valence-corrected chi connectivity index (χ1v) is 6.48. The fraction of sp³-hybridized carbons (Fsp3) is 0.333. The number of hydrogen-bond donors (Lipinski definition) is 0. The second-order valence-electron chi connectivity index (χ2n) is 4.62. The molecule has 0 heterocycles. The molecule has 0 aliphatic carbocycles. The summed E-state index contributed by atoms with van der Waals surface area (Å²) >= 11 is 0. The molecule has 0 spiro atoms. The van der Waals surface area contributed by atoms with Crippen molar-refractivity contribution in [2.24, 2.45) is 0 Å². The molecule has 110 valence electrons. The van der Waals surface area contributed by atoms with Crippen LogP contribution in [-0.4, -0.2) is 17.5 Å². The highest BCUT2D eigenvalue weighted by Gasteiger charge is 2.17. The van der Waals surface area contributed by atoms with Crippen LogP contribution in [0.4, 0.5) is 5.69 Å². The lowest BCUT2D eigenvalue weighted by Crippen LogP contribution is -2.06. The average Bonchev–Trinajstić information content (AvgIpc) is 2.44. The molecule has 6 nitrogen and oxygen atoms in total. The summed E-state index contributed by atoms with van der Waals surface area (Å²) in [5.41, 5.74) is 0.797. The Hall–Kier alpha value is -2.68. The topological polar surface area (TPSA) is 93.2 Å². The molecule has 0 atom stereocenters. The summed E-state index contributed by atoms with van der Waals surface area (Å²) in [6, 6.07) is 6.36. The van der Waals surface area contributed by atoms with Crippen LogP contribution in [0.2, 0.25) is 0 Å². The van der Waals surface area contributed by atoms with Crippen molar-refractivity contribution in [3.63, 3.8) is 0 Å². The Morgan fingerprint density at radius 1 is 1.52 bits per heavy atom. The largest absolute Gasteiger partial charge is 0.462 e. The van der Waals surface area contributed by atoms with Crippen LogP contribution >= 0.6 is 0 Å². The molecule has 0 radical (unpaired) electrons. The molecular weight excluding hydrogens is 272 g/mol. The summed E-state index contributed by atoms with van der Waals surface area (Å²) in [7, 11) is 0. The van der Waals surface area contributed by atoms with E-state index in [1.807, 2.05) is 13.8 Å². The Kier molecular flexibility index (Phi) is 5.61. The second kappa shape index (κ2) is 7.20. The van der Waals surface area contributed by atoms with E-state index in [4.69, 9.17) is 10.00 Å². The predicted molar refractivity (Wildman–Crippen MR) is 77.4 cm³/mol. The van der Waals surface area contributed by atoms with Gasteiger partial charge in [-0.15, -0.1) is 0 Å². The first-order valence-electron chi connectivity index (χ1n) is 6.48. The lowest BCUT2D eigenvalue weighted by molar-refractivity contribution is -0.385. The van der Waals surface area contributed by atoms with Crippen LogP contribution < -0.4 is 0 Å². The highest BCUT2D eigenvalue weighted by Crippen LogP contribution is 2.28. The first-order chi connectivity index (χ1) is 9.90. The Bertz CT molecular complexity index is 627. The predicted octanol–water partition coefficient (Wildman–Crippen LogP) is 3.19. The fourth-order valence-electron chi connectivity index (χ4n) is 1.81. The minimum Gasteiger partial charge on any atom is -0.462 e. The average molecular weight is 288 g/mol. The molecule has 6 heteroatoms. The van der Waals surface area contributed by atoms with Gasteiger partial charge in [-0.2, -0.15) is 5.26 Å². The van der Waals surface area contributed by atoms with Gasteiger partial charge in [-0.3, -0.25) is 10.1 Å². The van der Waals surface area contributed by atoms with Gasteiger partial charge in [-0.05, 0) is 24.5 Å². The monoisotopic (exact) mass is 288 g/mol. The third-order valence-electron chi connectivity index (χ3n) is 2.80. The number of benzene rings is 1. The van der Waals surface area contributed by atoms with Crippen LogP contribution in [0.15, 0.2) is 23.8 Å². The zero-order valence-corrected chi connectivity index (χ0v) is 12.1. The summed E-state index contributed by atoms with van der Waals surface area (Å²) in [5.74, 6) is -0.737. The van der Waals surface area contributed by atoms with E-state index < -0.39 is 10.9 Å². The van der Waals surface area contributed by atoms with Crippen LogP contribution in [0.5, 0.6) is 0 Å². The van der Waals surface area contributed by atoms with Crippen LogP contribution in [0.25, 0.3) is 6.08 Å². The van der Waals surface area contributed by atoms with E-state index in [0.717, 1.165) is 0 Å². The molecule has 0 aliphatic heterocycles. The number of carbonyl (C=O) groups is 1. The number of hydrogen-bond acceptors (Lipinski definition) is 5. The molecule has 0 saturated carbocycles.